The number of nitrogens with zero attached hydrogens (tertiary/aromatic N) is 1. The zero-order valence-corrected chi connectivity index (χ0v) is 14.7. The number of rotatable bonds is 3. The van der Waals surface area contributed by atoms with Gasteiger partial charge in [-0.25, -0.2) is 4.98 Å². The fourth-order valence-electron chi connectivity index (χ4n) is 2.92. The first-order valence-electron chi connectivity index (χ1n) is 8.32. The Morgan fingerprint density at radius 3 is 2.00 bits per heavy atom. The van der Waals surface area contributed by atoms with Crippen LogP contribution in [0.1, 0.15) is 0 Å². The molecule has 0 aliphatic heterocycles. The highest BCUT2D eigenvalue weighted by molar-refractivity contribution is 6.30. The molecular formula is C23H16ClNO. The predicted octanol–water partition coefficient (Wildman–Crippen LogP) is 6.44. The van der Waals surface area contributed by atoms with Gasteiger partial charge in [-0.1, -0.05) is 66.2 Å². The van der Waals surface area contributed by atoms with Crippen molar-refractivity contribution in [3.63, 3.8) is 0 Å². The lowest BCUT2D eigenvalue weighted by atomic mass is 10.00. The van der Waals surface area contributed by atoms with Gasteiger partial charge in [-0.15, -0.1) is 0 Å². The summed E-state index contributed by atoms with van der Waals surface area (Å²) in [7, 11) is 0. The maximum absolute atomic E-state index is 10.3. The minimum Gasteiger partial charge on any atom is -0.507 e. The smallest absolute Gasteiger partial charge is 0.124 e. The number of phenols is 1. The summed E-state index contributed by atoms with van der Waals surface area (Å²) in [5, 5.41) is 11.0. The first kappa shape index (κ1) is 16.4. The van der Waals surface area contributed by atoms with Crippen LogP contribution in [0, 0.1) is 0 Å². The Labute approximate surface area is 157 Å². The molecule has 0 spiro atoms. The molecule has 0 aliphatic carbocycles. The van der Waals surface area contributed by atoms with Gasteiger partial charge >= 0.3 is 0 Å². The van der Waals surface area contributed by atoms with Gasteiger partial charge in [-0.3, -0.25) is 0 Å². The van der Waals surface area contributed by atoms with Gasteiger partial charge in [0.1, 0.15) is 5.75 Å². The lowest BCUT2D eigenvalue weighted by Crippen LogP contribution is -1.91. The predicted molar refractivity (Wildman–Crippen MR) is 107 cm³/mol. The lowest BCUT2D eigenvalue weighted by molar-refractivity contribution is 0.477. The molecule has 0 unspecified atom stereocenters. The summed E-state index contributed by atoms with van der Waals surface area (Å²) in [6.45, 7) is 0. The van der Waals surface area contributed by atoms with Gasteiger partial charge in [-0.05, 0) is 47.5 Å². The maximum atomic E-state index is 10.3. The van der Waals surface area contributed by atoms with Crippen LogP contribution in [0.4, 0.5) is 0 Å². The molecule has 0 saturated carbocycles. The second kappa shape index (κ2) is 7.03. The van der Waals surface area contributed by atoms with E-state index in [0.29, 0.717) is 10.6 Å². The van der Waals surface area contributed by atoms with Gasteiger partial charge < -0.3 is 5.11 Å². The quantitative estimate of drug-likeness (QED) is 0.457. The third-order valence-corrected chi connectivity index (χ3v) is 4.50. The van der Waals surface area contributed by atoms with Gasteiger partial charge in [0.25, 0.3) is 0 Å². The zero-order chi connectivity index (χ0) is 17.9. The van der Waals surface area contributed by atoms with E-state index in [1.54, 1.807) is 12.1 Å². The molecule has 1 N–H and O–H groups in total. The second-order valence-corrected chi connectivity index (χ2v) is 6.45. The topological polar surface area (TPSA) is 33.1 Å². The number of aromatic nitrogens is 1. The third-order valence-electron chi connectivity index (χ3n) is 4.25. The maximum Gasteiger partial charge on any atom is 0.124 e. The van der Waals surface area contributed by atoms with Crippen molar-refractivity contribution in [2.45, 2.75) is 0 Å². The first-order chi connectivity index (χ1) is 12.7. The summed E-state index contributed by atoms with van der Waals surface area (Å²) in [4.78, 5) is 4.79. The molecule has 0 fully saturated rings. The molecule has 0 saturated heterocycles. The molecule has 1 heterocycles. The van der Waals surface area contributed by atoms with Crippen molar-refractivity contribution < 1.29 is 5.11 Å². The Morgan fingerprint density at radius 2 is 1.27 bits per heavy atom. The van der Waals surface area contributed by atoms with E-state index in [9.17, 15) is 5.11 Å². The molecule has 1 aromatic heterocycles. The molecule has 126 valence electrons. The number of benzene rings is 3. The van der Waals surface area contributed by atoms with Crippen molar-refractivity contribution >= 4 is 11.6 Å². The van der Waals surface area contributed by atoms with E-state index < -0.39 is 0 Å². The van der Waals surface area contributed by atoms with Crippen molar-refractivity contribution in [3.05, 3.63) is 96.0 Å². The van der Waals surface area contributed by atoms with Crippen LogP contribution in [0.5, 0.6) is 5.75 Å². The molecule has 2 nitrogen and oxygen atoms in total. The fourth-order valence-corrected chi connectivity index (χ4v) is 3.05. The van der Waals surface area contributed by atoms with Crippen molar-refractivity contribution in [3.8, 4) is 39.4 Å². The summed E-state index contributed by atoms with van der Waals surface area (Å²) >= 11 is 6.02. The summed E-state index contributed by atoms with van der Waals surface area (Å²) in [6, 6.07) is 29.1. The molecule has 0 bridgehead atoms. The van der Waals surface area contributed by atoms with E-state index in [1.807, 2.05) is 60.7 Å². The molecule has 0 radical (unpaired) electrons. The zero-order valence-electron chi connectivity index (χ0n) is 13.9. The molecule has 3 heteroatoms. The van der Waals surface area contributed by atoms with E-state index in [-0.39, 0.29) is 5.75 Å². The minimum atomic E-state index is 0.215. The minimum absolute atomic E-state index is 0.215. The Hall–Kier alpha value is -3.10. The first-order valence-corrected chi connectivity index (χ1v) is 8.70. The standard InChI is InChI=1S/C23H16ClNO/c24-19-12-10-17(11-13-19)21-14-18(16-6-2-1-3-7-16)15-22(25-21)20-8-4-5-9-23(20)26/h1-15,26H. The van der Waals surface area contributed by atoms with Gasteiger partial charge in [-0.2, -0.15) is 0 Å². The monoisotopic (exact) mass is 357 g/mol. The van der Waals surface area contributed by atoms with Gasteiger partial charge in [0, 0.05) is 16.1 Å². The van der Waals surface area contributed by atoms with Crippen LogP contribution in [-0.4, -0.2) is 10.1 Å². The Bertz CT molecular complexity index is 1040. The molecule has 0 aliphatic rings. The van der Waals surface area contributed by atoms with E-state index in [2.05, 4.69) is 18.2 Å². The van der Waals surface area contributed by atoms with Crippen LogP contribution < -0.4 is 0 Å². The summed E-state index contributed by atoms with van der Waals surface area (Å²) in [6.07, 6.45) is 0. The number of aromatic hydroxyl groups is 1. The summed E-state index contributed by atoms with van der Waals surface area (Å²) in [5.41, 5.74) is 5.39. The highest BCUT2D eigenvalue weighted by Gasteiger charge is 2.11. The highest BCUT2D eigenvalue weighted by atomic mass is 35.5. The summed E-state index contributed by atoms with van der Waals surface area (Å²) < 4.78 is 0. The molecule has 4 rings (SSSR count). The average Bonchev–Trinajstić information content (AvgIpc) is 2.69. The Morgan fingerprint density at radius 1 is 0.615 bits per heavy atom. The molecular weight excluding hydrogens is 342 g/mol. The number of hydrogen-bond donors (Lipinski definition) is 1. The van der Waals surface area contributed by atoms with E-state index in [1.165, 1.54) is 0 Å². The van der Waals surface area contributed by atoms with Crippen LogP contribution in [-0.2, 0) is 0 Å². The molecule has 0 amide bonds. The lowest BCUT2D eigenvalue weighted by Gasteiger charge is -2.11. The van der Waals surface area contributed by atoms with Gasteiger partial charge in [0.05, 0.1) is 11.4 Å². The second-order valence-electron chi connectivity index (χ2n) is 6.02. The number of pyridine rings is 1. The summed E-state index contributed by atoms with van der Waals surface area (Å²) in [5.74, 6) is 0.215. The van der Waals surface area contributed by atoms with Crippen molar-refractivity contribution in [2.24, 2.45) is 0 Å². The average molecular weight is 358 g/mol. The number of hydrogen-bond acceptors (Lipinski definition) is 2. The highest BCUT2D eigenvalue weighted by Crippen LogP contribution is 2.33. The number of halogens is 1. The van der Waals surface area contributed by atoms with Crippen LogP contribution in [0.2, 0.25) is 5.02 Å². The Kier molecular flexibility index (Phi) is 4.42. The number of para-hydroxylation sites is 1. The van der Waals surface area contributed by atoms with Crippen LogP contribution in [0.3, 0.4) is 0 Å². The molecule has 4 aromatic rings. The van der Waals surface area contributed by atoms with Crippen molar-refractivity contribution in [2.75, 3.05) is 0 Å². The molecule has 26 heavy (non-hydrogen) atoms. The molecule has 3 aromatic carbocycles. The van der Waals surface area contributed by atoms with E-state index >= 15 is 0 Å². The van der Waals surface area contributed by atoms with Crippen molar-refractivity contribution in [1.29, 1.82) is 0 Å². The van der Waals surface area contributed by atoms with Gasteiger partial charge in [0.15, 0.2) is 0 Å². The van der Waals surface area contributed by atoms with E-state index in [4.69, 9.17) is 16.6 Å². The fraction of sp³-hybridized carbons (Fsp3) is 0. The normalized spacial score (nSPS) is 10.7. The van der Waals surface area contributed by atoms with Gasteiger partial charge in [0.2, 0.25) is 0 Å². The third kappa shape index (κ3) is 3.32. The molecule has 0 atom stereocenters. The number of phenolic OH excluding ortho intramolecular Hbond substituents is 1. The van der Waals surface area contributed by atoms with Crippen LogP contribution in [0.25, 0.3) is 33.6 Å². The van der Waals surface area contributed by atoms with Crippen molar-refractivity contribution in [1.82, 2.24) is 4.98 Å². The SMILES string of the molecule is Oc1ccccc1-c1cc(-c2ccccc2)cc(-c2ccc(Cl)cc2)n1. The van der Waals surface area contributed by atoms with Crippen LogP contribution in [0.15, 0.2) is 91.0 Å². The largest absolute Gasteiger partial charge is 0.507 e. The van der Waals surface area contributed by atoms with E-state index in [0.717, 1.165) is 28.1 Å². The Balaban J connectivity index is 1.93. The van der Waals surface area contributed by atoms with Crippen LogP contribution >= 0.6 is 11.6 Å².